The van der Waals surface area contributed by atoms with Crippen LogP contribution in [-0.4, -0.2) is 37.2 Å². The number of hydrogen-bond acceptors (Lipinski definition) is 6. The van der Waals surface area contributed by atoms with Gasteiger partial charge in [0.1, 0.15) is 5.75 Å². The summed E-state index contributed by atoms with van der Waals surface area (Å²) >= 11 is 0. The fraction of sp³-hybridized carbons (Fsp3) is 0.333. The number of imide groups is 1. The predicted molar refractivity (Wildman–Crippen MR) is 79.4 cm³/mol. The molecular formula is C15H17N3O5. The second-order valence-corrected chi connectivity index (χ2v) is 4.54. The first-order valence-corrected chi connectivity index (χ1v) is 6.77. The quantitative estimate of drug-likeness (QED) is 0.772. The number of nitrogens with zero attached hydrogens (tertiary/aromatic N) is 1. The van der Waals surface area contributed by atoms with Crippen LogP contribution in [0.3, 0.4) is 0 Å². The van der Waals surface area contributed by atoms with Crippen molar-refractivity contribution in [3.05, 3.63) is 29.8 Å². The topological polar surface area (TPSA) is 118 Å². The van der Waals surface area contributed by atoms with Crippen LogP contribution in [0, 0.1) is 11.3 Å². The van der Waals surface area contributed by atoms with Gasteiger partial charge in [0.15, 0.2) is 12.2 Å². The first kappa shape index (κ1) is 18.0. The molecule has 2 atom stereocenters. The lowest BCUT2D eigenvalue weighted by atomic mass is 10.2. The molecular weight excluding hydrogens is 302 g/mol. The van der Waals surface area contributed by atoms with E-state index in [1.54, 1.807) is 24.3 Å². The summed E-state index contributed by atoms with van der Waals surface area (Å²) in [6.45, 7) is 2.80. The molecule has 0 fully saturated rings. The maximum Gasteiger partial charge on any atom is 0.347 e. The zero-order valence-corrected chi connectivity index (χ0v) is 13.0. The average molecular weight is 319 g/mol. The van der Waals surface area contributed by atoms with Gasteiger partial charge in [-0.3, -0.25) is 10.1 Å². The summed E-state index contributed by atoms with van der Waals surface area (Å²) in [5.41, 5.74) is 0.465. The van der Waals surface area contributed by atoms with Gasteiger partial charge in [-0.1, -0.05) is 0 Å². The SMILES string of the molecule is CNC(=O)NC(=O)[C@H](C)OC(=O)[C@@H](C)Oc1ccc(C#N)cc1. The number of ether oxygens (including phenoxy) is 2. The van der Waals surface area contributed by atoms with E-state index in [9.17, 15) is 14.4 Å². The highest BCUT2D eigenvalue weighted by molar-refractivity contribution is 5.97. The molecule has 1 aromatic rings. The number of benzene rings is 1. The van der Waals surface area contributed by atoms with Gasteiger partial charge in [0, 0.05) is 7.05 Å². The molecule has 0 aromatic heterocycles. The third-order valence-electron chi connectivity index (χ3n) is 2.75. The van der Waals surface area contributed by atoms with Crippen molar-refractivity contribution in [3.8, 4) is 11.8 Å². The second-order valence-electron chi connectivity index (χ2n) is 4.54. The molecule has 0 saturated heterocycles. The van der Waals surface area contributed by atoms with Crippen molar-refractivity contribution in [2.75, 3.05) is 7.05 Å². The van der Waals surface area contributed by atoms with Crippen molar-refractivity contribution in [1.82, 2.24) is 10.6 Å². The molecule has 0 aliphatic carbocycles. The Kier molecular flexibility index (Phi) is 6.55. The van der Waals surface area contributed by atoms with Crippen LogP contribution in [-0.2, 0) is 14.3 Å². The average Bonchev–Trinajstić information content (AvgIpc) is 2.55. The summed E-state index contributed by atoms with van der Waals surface area (Å²) in [6.07, 6.45) is -2.11. The lowest BCUT2D eigenvalue weighted by Gasteiger charge is -2.17. The standard InChI is InChI=1S/C15H17N3O5/c1-9(13(19)18-15(21)17-3)23-14(20)10(2)22-12-6-4-11(8-16)5-7-12/h4-7,9-10H,1-3H3,(H2,17,18,19,21)/t9-,10+/m0/s1. The van der Waals surface area contributed by atoms with E-state index in [0.717, 1.165) is 0 Å². The van der Waals surface area contributed by atoms with Crippen LogP contribution in [0.5, 0.6) is 5.75 Å². The highest BCUT2D eigenvalue weighted by atomic mass is 16.6. The number of rotatable bonds is 5. The van der Waals surface area contributed by atoms with E-state index < -0.39 is 30.1 Å². The van der Waals surface area contributed by atoms with E-state index >= 15 is 0 Å². The van der Waals surface area contributed by atoms with E-state index in [0.29, 0.717) is 11.3 Å². The molecule has 0 heterocycles. The molecule has 8 nitrogen and oxygen atoms in total. The van der Waals surface area contributed by atoms with E-state index in [1.165, 1.54) is 20.9 Å². The largest absolute Gasteiger partial charge is 0.479 e. The van der Waals surface area contributed by atoms with Crippen LogP contribution in [0.15, 0.2) is 24.3 Å². The molecule has 0 unspecified atom stereocenters. The second kappa shape index (κ2) is 8.38. The molecule has 0 spiro atoms. The molecule has 122 valence electrons. The lowest BCUT2D eigenvalue weighted by Crippen LogP contribution is -2.44. The Balaban J connectivity index is 2.54. The first-order valence-electron chi connectivity index (χ1n) is 6.77. The minimum atomic E-state index is -1.15. The van der Waals surface area contributed by atoms with Crippen LogP contribution < -0.4 is 15.4 Å². The monoisotopic (exact) mass is 319 g/mol. The normalized spacial score (nSPS) is 12.3. The Morgan fingerprint density at radius 2 is 1.74 bits per heavy atom. The highest BCUT2D eigenvalue weighted by Gasteiger charge is 2.24. The highest BCUT2D eigenvalue weighted by Crippen LogP contribution is 2.14. The third kappa shape index (κ3) is 5.67. The van der Waals surface area contributed by atoms with Crippen LogP contribution in [0.25, 0.3) is 0 Å². The summed E-state index contributed by atoms with van der Waals surface area (Å²) < 4.78 is 10.3. The predicted octanol–water partition coefficient (Wildman–Crippen LogP) is 0.713. The maximum absolute atomic E-state index is 11.9. The molecule has 0 aliphatic heterocycles. The van der Waals surface area contributed by atoms with Crippen LogP contribution in [0.4, 0.5) is 4.79 Å². The molecule has 0 radical (unpaired) electrons. The Morgan fingerprint density at radius 3 is 2.26 bits per heavy atom. The van der Waals surface area contributed by atoms with Gasteiger partial charge < -0.3 is 14.8 Å². The summed E-state index contributed by atoms with van der Waals surface area (Å²) in [4.78, 5) is 34.4. The number of urea groups is 1. The van der Waals surface area contributed by atoms with Gasteiger partial charge in [-0.25, -0.2) is 9.59 Å². The van der Waals surface area contributed by atoms with Gasteiger partial charge in [0.25, 0.3) is 5.91 Å². The Bertz CT molecular complexity index is 621. The Morgan fingerprint density at radius 1 is 1.13 bits per heavy atom. The van der Waals surface area contributed by atoms with Gasteiger partial charge in [0.2, 0.25) is 0 Å². The van der Waals surface area contributed by atoms with Crippen molar-refractivity contribution in [3.63, 3.8) is 0 Å². The van der Waals surface area contributed by atoms with Gasteiger partial charge in [-0.05, 0) is 38.1 Å². The van der Waals surface area contributed by atoms with E-state index in [4.69, 9.17) is 14.7 Å². The molecule has 0 saturated carbocycles. The zero-order chi connectivity index (χ0) is 17.4. The number of amides is 3. The fourth-order valence-corrected chi connectivity index (χ4v) is 1.46. The molecule has 1 aromatic carbocycles. The number of nitrogens with one attached hydrogen (secondary N) is 2. The molecule has 8 heteroatoms. The van der Waals surface area contributed by atoms with Crippen molar-refractivity contribution in [1.29, 1.82) is 5.26 Å². The lowest BCUT2D eigenvalue weighted by molar-refractivity contribution is -0.160. The van der Waals surface area contributed by atoms with Crippen molar-refractivity contribution < 1.29 is 23.9 Å². The fourth-order valence-electron chi connectivity index (χ4n) is 1.46. The van der Waals surface area contributed by atoms with Crippen LogP contribution >= 0.6 is 0 Å². The van der Waals surface area contributed by atoms with E-state index in [1.807, 2.05) is 11.4 Å². The van der Waals surface area contributed by atoms with Crippen molar-refractivity contribution in [2.45, 2.75) is 26.1 Å². The van der Waals surface area contributed by atoms with Crippen LogP contribution in [0.1, 0.15) is 19.4 Å². The van der Waals surface area contributed by atoms with Crippen LogP contribution in [0.2, 0.25) is 0 Å². The summed E-state index contributed by atoms with van der Waals surface area (Å²) in [5, 5.41) is 12.9. The number of carbonyl (C=O) groups is 3. The molecule has 0 aliphatic rings. The molecule has 1 rings (SSSR count). The Labute approximate surface area is 133 Å². The molecule has 2 N–H and O–H groups in total. The summed E-state index contributed by atoms with van der Waals surface area (Å²) in [6, 6.07) is 7.46. The van der Waals surface area contributed by atoms with Gasteiger partial charge >= 0.3 is 12.0 Å². The Hall–Kier alpha value is -3.08. The minimum Gasteiger partial charge on any atom is -0.479 e. The summed E-state index contributed by atoms with van der Waals surface area (Å²) in [7, 11) is 1.35. The maximum atomic E-state index is 11.9. The van der Waals surface area contributed by atoms with Gasteiger partial charge in [-0.15, -0.1) is 0 Å². The zero-order valence-electron chi connectivity index (χ0n) is 13.0. The molecule has 3 amide bonds. The number of esters is 1. The number of hydrogen-bond donors (Lipinski definition) is 2. The smallest absolute Gasteiger partial charge is 0.347 e. The van der Waals surface area contributed by atoms with Crippen molar-refractivity contribution in [2.24, 2.45) is 0 Å². The minimum absolute atomic E-state index is 0.385. The van der Waals surface area contributed by atoms with Gasteiger partial charge in [0.05, 0.1) is 11.6 Å². The molecule has 0 bridgehead atoms. The summed E-state index contributed by atoms with van der Waals surface area (Å²) in [5.74, 6) is -1.12. The number of carbonyl (C=O) groups excluding carboxylic acids is 3. The third-order valence-corrected chi connectivity index (χ3v) is 2.75. The van der Waals surface area contributed by atoms with Gasteiger partial charge in [-0.2, -0.15) is 5.26 Å². The van der Waals surface area contributed by atoms with E-state index in [-0.39, 0.29) is 0 Å². The van der Waals surface area contributed by atoms with Crippen molar-refractivity contribution >= 4 is 17.9 Å². The number of nitriles is 1. The molecule has 23 heavy (non-hydrogen) atoms. The first-order chi connectivity index (χ1) is 10.9. The van der Waals surface area contributed by atoms with E-state index in [2.05, 4.69) is 5.32 Å².